The molecule has 1 amide bonds. The molecule has 104 valence electrons. The fourth-order valence-corrected chi connectivity index (χ4v) is 2.53. The summed E-state index contributed by atoms with van der Waals surface area (Å²) in [6, 6.07) is 8.06. The summed E-state index contributed by atoms with van der Waals surface area (Å²) >= 11 is 3.47. The highest BCUT2D eigenvalue weighted by Crippen LogP contribution is 2.16. The lowest BCUT2D eigenvalue weighted by Crippen LogP contribution is -2.49. The van der Waals surface area contributed by atoms with E-state index in [2.05, 4.69) is 21.2 Å². The molecule has 1 saturated heterocycles. The number of likely N-dealkylation sites (N-methyl/N-ethyl adjacent to an activating group) is 1. The molecule has 2 rings (SSSR count). The molecule has 0 spiro atoms. The molecule has 0 radical (unpaired) electrons. The second kappa shape index (κ2) is 7.03. The Balaban J connectivity index is 1.87. The van der Waals surface area contributed by atoms with Crippen LogP contribution in [0.5, 0.6) is 0 Å². The van der Waals surface area contributed by atoms with Gasteiger partial charge in [0.15, 0.2) is 0 Å². The molecule has 1 aliphatic rings. The predicted molar refractivity (Wildman–Crippen MR) is 78.1 cm³/mol. The highest BCUT2D eigenvalue weighted by Gasteiger charge is 2.18. The number of halogens is 1. The summed E-state index contributed by atoms with van der Waals surface area (Å²) in [5, 5.41) is 3.35. The molecule has 0 aliphatic carbocycles. The standard InChI is InChI=1S/C14H19BrN2O2/c1-17(9-12-10-19-7-6-16-12)14(18)8-11-4-2-3-5-13(11)15/h2-5,12,16H,6-10H2,1H3. The first-order valence-corrected chi connectivity index (χ1v) is 7.24. The van der Waals surface area contributed by atoms with Gasteiger partial charge in [-0.25, -0.2) is 0 Å². The van der Waals surface area contributed by atoms with Gasteiger partial charge in [-0.05, 0) is 11.6 Å². The molecule has 0 bridgehead atoms. The Bertz CT molecular complexity index is 433. The molecule has 4 nitrogen and oxygen atoms in total. The Morgan fingerprint density at radius 3 is 3.00 bits per heavy atom. The first-order valence-electron chi connectivity index (χ1n) is 6.45. The lowest BCUT2D eigenvalue weighted by molar-refractivity contribution is -0.129. The van der Waals surface area contributed by atoms with Gasteiger partial charge in [0.2, 0.25) is 5.91 Å². The van der Waals surface area contributed by atoms with E-state index in [4.69, 9.17) is 4.74 Å². The molecule has 1 heterocycles. The third-order valence-electron chi connectivity index (χ3n) is 3.22. The third kappa shape index (κ3) is 4.30. The molecule has 0 aromatic heterocycles. The highest BCUT2D eigenvalue weighted by molar-refractivity contribution is 9.10. The van der Waals surface area contributed by atoms with Gasteiger partial charge in [-0.2, -0.15) is 0 Å². The van der Waals surface area contributed by atoms with Crippen molar-refractivity contribution in [2.45, 2.75) is 12.5 Å². The van der Waals surface area contributed by atoms with Crippen LogP contribution in [0.25, 0.3) is 0 Å². The van der Waals surface area contributed by atoms with E-state index in [9.17, 15) is 4.79 Å². The van der Waals surface area contributed by atoms with E-state index in [-0.39, 0.29) is 11.9 Å². The van der Waals surface area contributed by atoms with Crippen LogP contribution in [-0.4, -0.2) is 50.2 Å². The minimum Gasteiger partial charge on any atom is -0.378 e. The van der Waals surface area contributed by atoms with E-state index < -0.39 is 0 Å². The van der Waals surface area contributed by atoms with Crippen molar-refractivity contribution in [3.05, 3.63) is 34.3 Å². The van der Waals surface area contributed by atoms with E-state index in [0.717, 1.165) is 23.2 Å². The predicted octanol–water partition coefficient (Wildman–Crippen LogP) is 1.44. The number of hydrogen-bond acceptors (Lipinski definition) is 3. The fourth-order valence-electron chi connectivity index (χ4n) is 2.11. The maximum Gasteiger partial charge on any atom is 0.226 e. The molecule has 19 heavy (non-hydrogen) atoms. The van der Waals surface area contributed by atoms with Crippen molar-refractivity contribution in [3.8, 4) is 0 Å². The molecular formula is C14H19BrN2O2. The fraction of sp³-hybridized carbons (Fsp3) is 0.500. The van der Waals surface area contributed by atoms with E-state index in [1.54, 1.807) is 4.90 Å². The summed E-state index contributed by atoms with van der Waals surface area (Å²) in [5.74, 6) is 0.124. The second-order valence-corrected chi connectivity index (χ2v) is 5.62. The average molecular weight is 327 g/mol. The largest absolute Gasteiger partial charge is 0.378 e. The van der Waals surface area contributed by atoms with Gasteiger partial charge in [0, 0.05) is 30.7 Å². The topological polar surface area (TPSA) is 41.6 Å². The van der Waals surface area contributed by atoms with E-state index in [1.807, 2.05) is 31.3 Å². The quantitative estimate of drug-likeness (QED) is 0.910. The molecule has 1 aromatic rings. The normalized spacial score (nSPS) is 19.2. The Kier molecular flexibility index (Phi) is 5.36. The van der Waals surface area contributed by atoms with Gasteiger partial charge in [-0.1, -0.05) is 34.1 Å². The number of rotatable bonds is 4. The van der Waals surface area contributed by atoms with Crippen LogP contribution in [-0.2, 0) is 16.0 Å². The number of ether oxygens (including phenoxy) is 1. The molecule has 5 heteroatoms. The SMILES string of the molecule is CN(CC1COCCN1)C(=O)Cc1ccccc1Br. The number of hydrogen-bond donors (Lipinski definition) is 1. The summed E-state index contributed by atoms with van der Waals surface area (Å²) in [5.41, 5.74) is 1.02. The van der Waals surface area contributed by atoms with Gasteiger partial charge in [0.1, 0.15) is 0 Å². The monoisotopic (exact) mass is 326 g/mol. The smallest absolute Gasteiger partial charge is 0.226 e. The van der Waals surface area contributed by atoms with Crippen molar-refractivity contribution >= 4 is 21.8 Å². The molecule has 1 aliphatic heterocycles. The van der Waals surface area contributed by atoms with Crippen molar-refractivity contribution in [3.63, 3.8) is 0 Å². The zero-order chi connectivity index (χ0) is 13.7. The molecule has 1 N–H and O–H groups in total. The zero-order valence-corrected chi connectivity index (χ0v) is 12.6. The second-order valence-electron chi connectivity index (χ2n) is 4.77. The number of carbonyl (C=O) groups is 1. The molecule has 1 aromatic carbocycles. The minimum atomic E-state index is 0.124. The van der Waals surface area contributed by atoms with Crippen molar-refractivity contribution < 1.29 is 9.53 Å². The first kappa shape index (κ1) is 14.5. The van der Waals surface area contributed by atoms with Gasteiger partial charge in [0.25, 0.3) is 0 Å². The summed E-state index contributed by atoms with van der Waals surface area (Å²) in [6.07, 6.45) is 0.422. The van der Waals surface area contributed by atoms with E-state index in [0.29, 0.717) is 19.6 Å². The summed E-state index contributed by atoms with van der Waals surface area (Å²) < 4.78 is 6.37. The van der Waals surface area contributed by atoms with E-state index in [1.165, 1.54) is 0 Å². The highest BCUT2D eigenvalue weighted by atomic mass is 79.9. The number of amides is 1. The number of nitrogens with one attached hydrogen (secondary N) is 1. The average Bonchev–Trinajstić information content (AvgIpc) is 2.42. The van der Waals surface area contributed by atoms with Crippen LogP contribution in [0, 0.1) is 0 Å². The maximum absolute atomic E-state index is 12.2. The summed E-state index contributed by atoms with van der Waals surface area (Å²) in [4.78, 5) is 13.9. The number of benzene rings is 1. The van der Waals surface area contributed by atoms with Crippen molar-refractivity contribution in [2.75, 3.05) is 33.4 Å². The molecule has 1 unspecified atom stereocenters. The Morgan fingerprint density at radius 1 is 1.53 bits per heavy atom. The first-order chi connectivity index (χ1) is 9.16. The minimum absolute atomic E-state index is 0.124. The van der Waals surface area contributed by atoms with E-state index >= 15 is 0 Å². The number of nitrogens with zero attached hydrogens (tertiary/aromatic N) is 1. The van der Waals surface area contributed by atoms with Crippen molar-refractivity contribution in [2.24, 2.45) is 0 Å². The maximum atomic E-state index is 12.2. The number of carbonyl (C=O) groups excluding carboxylic acids is 1. The van der Waals surface area contributed by atoms with Gasteiger partial charge < -0.3 is 15.0 Å². The van der Waals surface area contributed by atoms with Crippen LogP contribution in [0.3, 0.4) is 0 Å². The van der Waals surface area contributed by atoms with Crippen LogP contribution >= 0.6 is 15.9 Å². The van der Waals surface area contributed by atoms with Crippen LogP contribution in [0.15, 0.2) is 28.7 Å². The van der Waals surface area contributed by atoms with Crippen LogP contribution in [0.2, 0.25) is 0 Å². The lowest BCUT2D eigenvalue weighted by atomic mass is 10.1. The Labute approximate surface area is 122 Å². The molecule has 0 saturated carbocycles. The summed E-state index contributed by atoms with van der Waals surface area (Å²) in [6.45, 7) is 2.97. The van der Waals surface area contributed by atoms with Gasteiger partial charge in [-0.15, -0.1) is 0 Å². The molecule has 1 fully saturated rings. The lowest BCUT2D eigenvalue weighted by Gasteiger charge is -2.28. The van der Waals surface area contributed by atoms with Crippen LogP contribution in [0.4, 0.5) is 0 Å². The zero-order valence-electron chi connectivity index (χ0n) is 11.1. The van der Waals surface area contributed by atoms with Gasteiger partial charge >= 0.3 is 0 Å². The van der Waals surface area contributed by atoms with Crippen molar-refractivity contribution in [1.29, 1.82) is 0 Å². The van der Waals surface area contributed by atoms with Crippen molar-refractivity contribution in [1.82, 2.24) is 10.2 Å². The Morgan fingerprint density at radius 2 is 2.32 bits per heavy atom. The summed E-state index contributed by atoms with van der Waals surface area (Å²) in [7, 11) is 1.84. The molecular weight excluding hydrogens is 308 g/mol. The van der Waals surface area contributed by atoms with Gasteiger partial charge in [0.05, 0.1) is 19.6 Å². The van der Waals surface area contributed by atoms with Crippen LogP contribution in [0.1, 0.15) is 5.56 Å². The Hall–Kier alpha value is -0.910. The third-order valence-corrected chi connectivity index (χ3v) is 3.99. The number of morpholine rings is 1. The van der Waals surface area contributed by atoms with Gasteiger partial charge in [-0.3, -0.25) is 4.79 Å². The van der Waals surface area contributed by atoms with Crippen LogP contribution < -0.4 is 5.32 Å². The molecule has 1 atom stereocenters.